The Hall–Kier alpha value is -4.26. The molecule has 37 heavy (non-hydrogen) atoms. The molecule has 4 aromatic rings. The van der Waals surface area contributed by atoms with Gasteiger partial charge in [0.2, 0.25) is 11.8 Å². The summed E-state index contributed by atoms with van der Waals surface area (Å²) in [4.78, 5) is 28.7. The van der Waals surface area contributed by atoms with E-state index in [1.54, 1.807) is 26.2 Å². The second-order valence-corrected chi connectivity index (χ2v) is 9.25. The molecule has 0 fully saturated rings. The zero-order valence-corrected chi connectivity index (χ0v) is 21.3. The first kappa shape index (κ1) is 24.4. The maximum Gasteiger partial charge on any atom is 0.242 e. The van der Waals surface area contributed by atoms with Gasteiger partial charge in [0.1, 0.15) is 6.04 Å². The molecule has 7 nitrogen and oxygen atoms in total. The standard InChI is InChI=1S/C30H31N3O4/c1-31-30(35)26-15-21-16-27(36-2)28(37-3)17-22(21)19-33(26)29(34)18-25(32-13-6-7-14-32)24-12-8-10-20-9-4-5-11-23(20)24/h4-14,16-17,25-26H,15,18-19H2,1-3H3,(H,31,35)/t25-,26-/m0/s1. The summed E-state index contributed by atoms with van der Waals surface area (Å²) in [5, 5.41) is 4.98. The van der Waals surface area contributed by atoms with Crippen LogP contribution in [-0.4, -0.2) is 48.6 Å². The molecule has 0 aliphatic carbocycles. The van der Waals surface area contributed by atoms with E-state index in [2.05, 4.69) is 34.1 Å². The van der Waals surface area contributed by atoms with E-state index in [1.165, 1.54) is 0 Å². The third-order valence-corrected chi connectivity index (χ3v) is 7.24. The van der Waals surface area contributed by atoms with Crippen molar-refractivity contribution in [3.05, 3.63) is 95.8 Å². The van der Waals surface area contributed by atoms with Crippen molar-refractivity contribution in [2.24, 2.45) is 0 Å². The number of carbonyl (C=O) groups is 2. The van der Waals surface area contributed by atoms with Gasteiger partial charge in [-0.25, -0.2) is 0 Å². The second kappa shape index (κ2) is 10.4. The molecule has 5 rings (SSSR count). The van der Waals surface area contributed by atoms with Crippen LogP contribution in [0.4, 0.5) is 0 Å². The molecule has 1 aliphatic heterocycles. The molecule has 0 spiro atoms. The van der Waals surface area contributed by atoms with E-state index in [9.17, 15) is 9.59 Å². The van der Waals surface area contributed by atoms with Crippen LogP contribution in [0.5, 0.6) is 11.5 Å². The quantitative estimate of drug-likeness (QED) is 0.412. The smallest absolute Gasteiger partial charge is 0.242 e. The number of amides is 2. The number of nitrogens with zero attached hydrogens (tertiary/aromatic N) is 2. The summed E-state index contributed by atoms with van der Waals surface area (Å²) in [5.74, 6) is 0.949. The third-order valence-electron chi connectivity index (χ3n) is 7.24. The van der Waals surface area contributed by atoms with E-state index >= 15 is 0 Å². The highest BCUT2D eigenvalue weighted by Crippen LogP contribution is 2.36. The van der Waals surface area contributed by atoms with Gasteiger partial charge >= 0.3 is 0 Å². The van der Waals surface area contributed by atoms with Crippen LogP contribution in [0.1, 0.15) is 29.2 Å². The summed E-state index contributed by atoms with van der Waals surface area (Å²) < 4.78 is 13.0. The van der Waals surface area contributed by atoms with Crippen molar-refractivity contribution >= 4 is 22.6 Å². The average Bonchev–Trinajstić information content (AvgIpc) is 3.48. The predicted octanol–water partition coefficient (Wildman–Crippen LogP) is 4.34. The first-order valence-corrected chi connectivity index (χ1v) is 12.4. The lowest BCUT2D eigenvalue weighted by Gasteiger charge is -2.37. The SMILES string of the molecule is CNC(=O)[C@@H]1Cc2cc(OC)c(OC)cc2CN1C(=O)C[C@@H](c1cccc2ccccc12)n1cccc1. The van der Waals surface area contributed by atoms with Gasteiger partial charge in [-0.05, 0) is 51.7 Å². The van der Waals surface area contributed by atoms with E-state index in [4.69, 9.17) is 9.47 Å². The Kier molecular flexibility index (Phi) is 6.86. The van der Waals surface area contributed by atoms with Gasteiger partial charge in [-0.15, -0.1) is 0 Å². The summed E-state index contributed by atoms with van der Waals surface area (Å²) in [5.41, 5.74) is 3.00. The molecule has 0 bridgehead atoms. The molecule has 0 saturated carbocycles. The topological polar surface area (TPSA) is 72.8 Å². The number of methoxy groups -OCH3 is 2. The van der Waals surface area contributed by atoms with Gasteiger partial charge in [-0.3, -0.25) is 9.59 Å². The summed E-state index contributed by atoms with van der Waals surface area (Å²) >= 11 is 0. The number of carbonyl (C=O) groups excluding carboxylic acids is 2. The van der Waals surface area contributed by atoms with Crippen molar-refractivity contribution in [2.45, 2.75) is 31.5 Å². The second-order valence-electron chi connectivity index (χ2n) is 9.25. The zero-order chi connectivity index (χ0) is 25.9. The van der Waals surface area contributed by atoms with Crippen LogP contribution < -0.4 is 14.8 Å². The predicted molar refractivity (Wildman–Crippen MR) is 143 cm³/mol. The molecule has 1 aliphatic rings. The van der Waals surface area contributed by atoms with Crippen molar-refractivity contribution in [1.82, 2.24) is 14.8 Å². The Balaban J connectivity index is 1.52. The van der Waals surface area contributed by atoms with Crippen LogP contribution >= 0.6 is 0 Å². The molecule has 2 amide bonds. The number of hydrogen-bond acceptors (Lipinski definition) is 4. The van der Waals surface area contributed by atoms with Crippen LogP contribution in [0.25, 0.3) is 10.8 Å². The number of likely N-dealkylation sites (N-methyl/N-ethyl adjacent to an activating group) is 1. The zero-order valence-electron chi connectivity index (χ0n) is 21.3. The Morgan fingerprint density at radius 3 is 2.32 bits per heavy atom. The van der Waals surface area contributed by atoms with Crippen molar-refractivity contribution in [1.29, 1.82) is 0 Å². The van der Waals surface area contributed by atoms with Crippen LogP contribution in [0.3, 0.4) is 0 Å². The molecule has 0 radical (unpaired) electrons. The fourth-order valence-electron chi connectivity index (χ4n) is 5.33. The lowest BCUT2D eigenvalue weighted by atomic mass is 9.91. The van der Waals surface area contributed by atoms with E-state index in [0.29, 0.717) is 24.5 Å². The monoisotopic (exact) mass is 497 g/mol. The maximum absolute atomic E-state index is 14.0. The van der Waals surface area contributed by atoms with Crippen molar-refractivity contribution in [3.8, 4) is 11.5 Å². The van der Waals surface area contributed by atoms with E-state index in [0.717, 1.165) is 27.5 Å². The fourth-order valence-corrected chi connectivity index (χ4v) is 5.33. The van der Waals surface area contributed by atoms with Gasteiger partial charge in [0.25, 0.3) is 0 Å². The van der Waals surface area contributed by atoms with E-state index in [1.807, 2.05) is 54.9 Å². The van der Waals surface area contributed by atoms with Gasteiger partial charge in [-0.1, -0.05) is 42.5 Å². The highest BCUT2D eigenvalue weighted by atomic mass is 16.5. The first-order valence-electron chi connectivity index (χ1n) is 12.4. The van der Waals surface area contributed by atoms with Gasteiger partial charge in [-0.2, -0.15) is 0 Å². The van der Waals surface area contributed by atoms with Gasteiger partial charge < -0.3 is 24.3 Å². The molecule has 2 atom stereocenters. The number of benzene rings is 3. The first-order chi connectivity index (χ1) is 18.0. The Labute approximate surface area is 216 Å². The normalized spacial score (nSPS) is 15.6. The molecular formula is C30H31N3O4. The van der Waals surface area contributed by atoms with Gasteiger partial charge in [0, 0.05) is 32.4 Å². The summed E-state index contributed by atoms with van der Waals surface area (Å²) in [6.07, 6.45) is 4.60. The van der Waals surface area contributed by atoms with Crippen molar-refractivity contribution < 1.29 is 19.1 Å². The van der Waals surface area contributed by atoms with Gasteiger partial charge in [0.05, 0.1) is 26.7 Å². The molecule has 1 aromatic heterocycles. The van der Waals surface area contributed by atoms with Gasteiger partial charge in [0.15, 0.2) is 11.5 Å². The molecule has 1 N–H and O–H groups in total. The number of aromatic nitrogens is 1. The van der Waals surface area contributed by atoms with E-state index in [-0.39, 0.29) is 24.3 Å². The number of fused-ring (bicyclic) bond motifs is 2. The third kappa shape index (κ3) is 4.65. The van der Waals surface area contributed by atoms with E-state index < -0.39 is 6.04 Å². The summed E-state index contributed by atoms with van der Waals surface area (Å²) in [6.45, 7) is 0.320. The number of nitrogens with one attached hydrogen (secondary N) is 1. The number of ether oxygens (including phenoxy) is 2. The fraction of sp³-hybridized carbons (Fsp3) is 0.267. The lowest BCUT2D eigenvalue weighted by Crippen LogP contribution is -2.52. The lowest BCUT2D eigenvalue weighted by molar-refractivity contribution is -0.142. The van der Waals surface area contributed by atoms with Crippen molar-refractivity contribution in [3.63, 3.8) is 0 Å². The van der Waals surface area contributed by atoms with Crippen LogP contribution in [-0.2, 0) is 22.6 Å². The van der Waals surface area contributed by atoms with Crippen LogP contribution in [0.15, 0.2) is 79.1 Å². The minimum atomic E-state index is -0.610. The highest BCUT2D eigenvalue weighted by molar-refractivity contribution is 5.90. The highest BCUT2D eigenvalue weighted by Gasteiger charge is 2.36. The van der Waals surface area contributed by atoms with Crippen molar-refractivity contribution in [2.75, 3.05) is 21.3 Å². The van der Waals surface area contributed by atoms with Crippen LogP contribution in [0.2, 0.25) is 0 Å². The van der Waals surface area contributed by atoms with Crippen LogP contribution in [0, 0.1) is 0 Å². The molecule has 0 saturated heterocycles. The maximum atomic E-state index is 14.0. The number of hydrogen-bond donors (Lipinski definition) is 1. The Morgan fingerprint density at radius 1 is 0.946 bits per heavy atom. The molecule has 3 aromatic carbocycles. The minimum Gasteiger partial charge on any atom is -0.493 e. The molecule has 7 heteroatoms. The Morgan fingerprint density at radius 2 is 1.62 bits per heavy atom. The average molecular weight is 498 g/mol. The minimum absolute atomic E-state index is 0.0827. The largest absolute Gasteiger partial charge is 0.493 e. The number of rotatable bonds is 7. The molecular weight excluding hydrogens is 466 g/mol. The summed E-state index contributed by atoms with van der Waals surface area (Å²) in [7, 11) is 4.79. The molecule has 2 heterocycles. The Bertz CT molecular complexity index is 1430. The molecule has 190 valence electrons. The molecule has 0 unspecified atom stereocenters. The summed E-state index contributed by atoms with van der Waals surface area (Å²) in [6, 6.07) is 21.3.